The maximum absolute atomic E-state index is 12.0. The molecule has 0 bridgehead atoms. The second kappa shape index (κ2) is 5.74. The van der Waals surface area contributed by atoms with E-state index in [0.29, 0.717) is 11.3 Å². The predicted octanol–water partition coefficient (Wildman–Crippen LogP) is 3.05. The smallest absolute Gasteiger partial charge is 0.226 e. The van der Waals surface area contributed by atoms with Crippen LogP contribution in [-0.2, 0) is 11.2 Å². The zero-order chi connectivity index (χ0) is 13.9. The van der Waals surface area contributed by atoms with E-state index in [0.717, 1.165) is 17.1 Å². The molecule has 102 valence electrons. The summed E-state index contributed by atoms with van der Waals surface area (Å²) in [7, 11) is 0. The van der Waals surface area contributed by atoms with E-state index in [-0.39, 0.29) is 17.9 Å². The van der Waals surface area contributed by atoms with E-state index in [9.17, 15) is 4.79 Å². The normalized spacial score (nSPS) is 11.7. The zero-order valence-electron chi connectivity index (χ0n) is 11.1. The molecule has 5 heteroatoms. The van der Waals surface area contributed by atoms with Gasteiger partial charge in [-0.1, -0.05) is 33.2 Å². The number of aromatic nitrogens is 1. The predicted molar refractivity (Wildman–Crippen MR) is 78.3 cm³/mol. The van der Waals surface area contributed by atoms with Gasteiger partial charge in [0.1, 0.15) is 5.69 Å². The lowest BCUT2D eigenvalue weighted by molar-refractivity contribution is -0.122. The zero-order valence-corrected chi connectivity index (χ0v) is 12.7. The van der Waals surface area contributed by atoms with Crippen molar-refractivity contribution in [2.45, 2.75) is 32.2 Å². The molecule has 1 aromatic heterocycles. The molecule has 1 heterocycles. The first-order valence-electron chi connectivity index (χ1n) is 6.22. The van der Waals surface area contributed by atoms with Crippen molar-refractivity contribution >= 4 is 32.8 Å². The molecule has 19 heavy (non-hydrogen) atoms. The average Bonchev–Trinajstić information content (AvgIpc) is 2.72. The Morgan fingerprint density at radius 2 is 2.16 bits per heavy atom. The summed E-state index contributed by atoms with van der Waals surface area (Å²) >= 11 is 3.39. The van der Waals surface area contributed by atoms with Gasteiger partial charge in [0.05, 0.1) is 6.42 Å². The number of amides is 1. The van der Waals surface area contributed by atoms with Gasteiger partial charge >= 0.3 is 0 Å². The SMILES string of the molecule is CC(C)(CCBr)NC(=O)Cc1noc2ccccc12. The summed E-state index contributed by atoms with van der Waals surface area (Å²) in [5, 5.41) is 8.73. The third kappa shape index (κ3) is 3.56. The van der Waals surface area contributed by atoms with Gasteiger partial charge in [-0.25, -0.2) is 0 Å². The number of benzene rings is 1. The number of carbonyl (C=O) groups is 1. The highest BCUT2D eigenvalue weighted by Gasteiger charge is 2.21. The highest BCUT2D eigenvalue weighted by molar-refractivity contribution is 9.09. The Hall–Kier alpha value is -1.36. The number of nitrogens with zero attached hydrogens (tertiary/aromatic N) is 1. The van der Waals surface area contributed by atoms with Crippen molar-refractivity contribution < 1.29 is 9.32 Å². The van der Waals surface area contributed by atoms with Gasteiger partial charge in [0.15, 0.2) is 5.58 Å². The van der Waals surface area contributed by atoms with Gasteiger partial charge in [-0.3, -0.25) is 4.79 Å². The van der Waals surface area contributed by atoms with Crippen molar-refractivity contribution in [3.05, 3.63) is 30.0 Å². The number of hydrogen-bond donors (Lipinski definition) is 1. The number of rotatable bonds is 5. The molecule has 0 aliphatic rings. The molecule has 0 saturated heterocycles. The summed E-state index contributed by atoms with van der Waals surface area (Å²) in [4.78, 5) is 12.0. The van der Waals surface area contributed by atoms with Crippen LogP contribution in [0, 0.1) is 0 Å². The average molecular weight is 325 g/mol. The Bertz CT molecular complexity index is 578. The van der Waals surface area contributed by atoms with Crippen molar-refractivity contribution in [2.75, 3.05) is 5.33 Å². The molecule has 0 saturated carbocycles. The van der Waals surface area contributed by atoms with Crippen LogP contribution in [0.15, 0.2) is 28.8 Å². The van der Waals surface area contributed by atoms with E-state index in [4.69, 9.17) is 4.52 Å². The lowest BCUT2D eigenvalue weighted by Crippen LogP contribution is -2.44. The van der Waals surface area contributed by atoms with Crippen molar-refractivity contribution in [1.29, 1.82) is 0 Å². The summed E-state index contributed by atoms with van der Waals surface area (Å²) in [5.41, 5.74) is 1.17. The first kappa shape index (κ1) is 14.1. The van der Waals surface area contributed by atoms with Crippen molar-refractivity contribution in [2.24, 2.45) is 0 Å². The van der Waals surface area contributed by atoms with Crippen molar-refractivity contribution in [1.82, 2.24) is 10.5 Å². The molecule has 0 aliphatic carbocycles. The quantitative estimate of drug-likeness (QED) is 0.860. The fourth-order valence-corrected chi connectivity index (χ4v) is 2.93. The highest BCUT2D eigenvalue weighted by atomic mass is 79.9. The molecule has 0 radical (unpaired) electrons. The third-order valence-electron chi connectivity index (χ3n) is 2.98. The second-order valence-electron chi connectivity index (χ2n) is 5.17. The Kier molecular flexibility index (Phi) is 4.24. The van der Waals surface area contributed by atoms with Crippen molar-refractivity contribution in [3.63, 3.8) is 0 Å². The second-order valence-corrected chi connectivity index (χ2v) is 5.97. The van der Waals surface area contributed by atoms with Gasteiger partial charge in [0, 0.05) is 16.3 Å². The topological polar surface area (TPSA) is 55.1 Å². The molecule has 0 atom stereocenters. The summed E-state index contributed by atoms with van der Waals surface area (Å²) in [6.45, 7) is 4.01. The summed E-state index contributed by atoms with van der Waals surface area (Å²) in [6.07, 6.45) is 1.11. The van der Waals surface area contributed by atoms with Crippen LogP contribution in [-0.4, -0.2) is 21.9 Å². The Labute approximate surface area is 120 Å². The fourth-order valence-electron chi connectivity index (χ4n) is 1.94. The van der Waals surface area contributed by atoms with Crippen LogP contribution in [0.4, 0.5) is 0 Å². The maximum Gasteiger partial charge on any atom is 0.226 e. The third-order valence-corrected chi connectivity index (χ3v) is 3.37. The van der Waals surface area contributed by atoms with E-state index in [1.54, 1.807) is 0 Å². The lowest BCUT2D eigenvalue weighted by Gasteiger charge is -2.25. The van der Waals surface area contributed by atoms with Gasteiger partial charge < -0.3 is 9.84 Å². The van der Waals surface area contributed by atoms with E-state index >= 15 is 0 Å². The van der Waals surface area contributed by atoms with Crippen LogP contribution in [0.2, 0.25) is 0 Å². The van der Waals surface area contributed by atoms with E-state index < -0.39 is 0 Å². The number of halogens is 1. The number of para-hydroxylation sites is 1. The van der Waals surface area contributed by atoms with Gasteiger partial charge in [-0.15, -0.1) is 0 Å². The number of carbonyl (C=O) groups excluding carboxylic acids is 1. The molecule has 2 rings (SSSR count). The van der Waals surface area contributed by atoms with Crippen LogP contribution in [0.25, 0.3) is 11.0 Å². The number of alkyl halides is 1. The highest BCUT2D eigenvalue weighted by Crippen LogP contribution is 2.18. The van der Waals surface area contributed by atoms with Gasteiger partial charge in [-0.2, -0.15) is 0 Å². The molecule has 0 fully saturated rings. The lowest BCUT2D eigenvalue weighted by atomic mass is 10.0. The number of nitrogens with one attached hydrogen (secondary N) is 1. The van der Waals surface area contributed by atoms with Crippen LogP contribution >= 0.6 is 15.9 Å². The van der Waals surface area contributed by atoms with Crippen molar-refractivity contribution in [3.8, 4) is 0 Å². The van der Waals surface area contributed by atoms with Gasteiger partial charge in [-0.05, 0) is 32.4 Å². The number of hydrogen-bond acceptors (Lipinski definition) is 3. The molecule has 4 nitrogen and oxygen atoms in total. The van der Waals surface area contributed by atoms with Crippen LogP contribution in [0.3, 0.4) is 0 Å². The van der Waals surface area contributed by atoms with Gasteiger partial charge in [0.25, 0.3) is 0 Å². The molecule has 0 unspecified atom stereocenters. The molecular formula is C14H17BrN2O2. The fraction of sp³-hybridized carbons (Fsp3) is 0.429. The molecule has 1 N–H and O–H groups in total. The summed E-state index contributed by atoms with van der Waals surface area (Å²) in [5.74, 6) is -0.0370. The van der Waals surface area contributed by atoms with E-state index in [1.165, 1.54) is 0 Å². The monoisotopic (exact) mass is 324 g/mol. The van der Waals surface area contributed by atoms with E-state index in [1.807, 2.05) is 38.1 Å². The first-order valence-corrected chi connectivity index (χ1v) is 7.34. The molecule has 1 amide bonds. The minimum absolute atomic E-state index is 0.0370. The van der Waals surface area contributed by atoms with Crippen LogP contribution in [0.1, 0.15) is 26.0 Å². The standard InChI is InChI=1S/C14H17BrN2O2/c1-14(2,7-8-15)16-13(18)9-11-10-5-3-4-6-12(10)19-17-11/h3-6H,7-9H2,1-2H3,(H,16,18). The molecule has 1 aromatic carbocycles. The summed E-state index contributed by atoms with van der Waals surface area (Å²) in [6, 6.07) is 7.56. The van der Waals surface area contributed by atoms with Crippen LogP contribution in [0.5, 0.6) is 0 Å². The molecule has 0 spiro atoms. The number of fused-ring (bicyclic) bond motifs is 1. The minimum atomic E-state index is -0.222. The Balaban J connectivity index is 2.07. The van der Waals surface area contributed by atoms with Crippen LogP contribution < -0.4 is 5.32 Å². The van der Waals surface area contributed by atoms with E-state index in [2.05, 4.69) is 26.4 Å². The molecule has 0 aliphatic heterocycles. The minimum Gasteiger partial charge on any atom is -0.356 e. The first-order chi connectivity index (χ1) is 9.02. The molecular weight excluding hydrogens is 308 g/mol. The molecule has 2 aromatic rings. The Morgan fingerprint density at radius 1 is 1.42 bits per heavy atom. The summed E-state index contributed by atoms with van der Waals surface area (Å²) < 4.78 is 5.19. The maximum atomic E-state index is 12.0. The van der Waals surface area contributed by atoms with Gasteiger partial charge in [0.2, 0.25) is 5.91 Å². The largest absolute Gasteiger partial charge is 0.356 e. The Morgan fingerprint density at radius 3 is 2.89 bits per heavy atom.